The van der Waals surface area contributed by atoms with Crippen LogP contribution in [-0.2, 0) is 9.59 Å². The highest BCUT2D eigenvalue weighted by Gasteiger charge is 2.26. The molecule has 6 nitrogen and oxygen atoms in total. The molecule has 0 spiro atoms. The molecule has 3 rings (SSSR count). The van der Waals surface area contributed by atoms with Crippen LogP contribution in [-0.4, -0.2) is 18.9 Å². The second kappa shape index (κ2) is 8.93. The summed E-state index contributed by atoms with van der Waals surface area (Å²) in [5.41, 5.74) is 8.35. The number of anilines is 3. The van der Waals surface area contributed by atoms with Gasteiger partial charge in [0.05, 0.1) is 13.2 Å². The number of carbonyl (C=O) groups is 2. The highest BCUT2D eigenvalue weighted by molar-refractivity contribution is 6.42. The molecule has 0 aliphatic carbocycles. The number of ether oxygens (including phenoxy) is 1. The molecule has 1 atom stereocenters. The third kappa shape index (κ3) is 4.73. The molecule has 29 heavy (non-hydrogen) atoms. The molecule has 0 bridgehead atoms. The molecule has 3 N–H and O–H groups in total. The van der Waals surface area contributed by atoms with E-state index in [1.807, 2.05) is 49.4 Å². The number of hydrogen-bond acceptors (Lipinski definition) is 4. The summed E-state index contributed by atoms with van der Waals surface area (Å²) in [6, 6.07) is 22.8. The third-order valence-electron chi connectivity index (χ3n) is 4.53. The number of nitrogens with one attached hydrogen (secondary N) is 1. The van der Waals surface area contributed by atoms with Gasteiger partial charge in [0.15, 0.2) is 0 Å². The Morgan fingerprint density at radius 1 is 0.897 bits per heavy atom. The van der Waals surface area contributed by atoms with Crippen LogP contribution in [0.25, 0.3) is 0 Å². The van der Waals surface area contributed by atoms with E-state index in [0.29, 0.717) is 17.1 Å². The monoisotopic (exact) mass is 389 g/mol. The quantitative estimate of drug-likeness (QED) is 0.513. The first-order chi connectivity index (χ1) is 14.0. The second-order valence-corrected chi connectivity index (χ2v) is 6.54. The van der Waals surface area contributed by atoms with Crippen molar-refractivity contribution in [2.24, 2.45) is 0 Å². The summed E-state index contributed by atoms with van der Waals surface area (Å²) in [5, 5.41) is 2.77. The van der Waals surface area contributed by atoms with Crippen LogP contribution >= 0.6 is 0 Å². The van der Waals surface area contributed by atoms with Crippen molar-refractivity contribution in [3.05, 3.63) is 84.4 Å². The van der Waals surface area contributed by atoms with Gasteiger partial charge in [-0.1, -0.05) is 30.3 Å². The van der Waals surface area contributed by atoms with Crippen molar-refractivity contribution in [1.29, 1.82) is 0 Å². The highest BCUT2D eigenvalue weighted by Crippen LogP contribution is 2.26. The minimum atomic E-state index is -0.700. The van der Waals surface area contributed by atoms with Crippen LogP contribution < -0.4 is 20.7 Å². The van der Waals surface area contributed by atoms with E-state index in [-0.39, 0.29) is 6.04 Å². The van der Waals surface area contributed by atoms with Gasteiger partial charge in [-0.25, -0.2) is 0 Å². The van der Waals surface area contributed by atoms with E-state index in [9.17, 15) is 9.59 Å². The molecule has 3 aromatic rings. The van der Waals surface area contributed by atoms with E-state index in [4.69, 9.17) is 10.5 Å². The van der Waals surface area contributed by atoms with Crippen molar-refractivity contribution in [3.8, 4) is 5.75 Å². The Balaban J connectivity index is 1.82. The molecule has 6 heteroatoms. The Morgan fingerprint density at radius 3 is 2.07 bits per heavy atom. The van der Waals surface area contributed by atoms with Gasteiger partial charge in [-0.15, -0.1) is 0 Å². The van der Waals surface area contributed by atoms with E-state index in [1.165, 1.54) is 4.90 Å². The molecule has 0 aliphatic heterocycles. The number of nitrogens with two attached hydrogens (primary N) is 1. The zero-order valence-corrected chi connectivity index (χ0v) is 16.3. The summed E-state index contributed by atoms with van der Waals surface area (Å²) in [4.78, 5) is 27.2. The van der Waals surface area contributed by atoms with Crippen molar-refractivity contribution in [2.45, 2.75) is 13.0 Å². The minimum Gasteiger partial charge on any atom is -0.497 e. The summed E-state index contributed by atoms with van der Waals surface area (Å²) >= 11 is 0. The lowest BCUT2D eigenvalue weighted by atomic mass is 10.1. The zero-order chi connectivity index (χ0) is 20.8. The first kappa shape index (κ1) is 19.9. The Labute approximate surface area is 169 Å². The first-order valence-corrected chi connectivity index (χ1v) is 9.19. The second-order valence-electron chi connectivity index (χ2n) is 6.54. The minimum absolute atomic E-state index is 0.346. The van der Waals surface area contributed by atoms with Crippen molar-refractivity contribution in [1.82, 2.24) is 5.32 Å². The molecule has 0 saturated carbocycles. The summed E-state index contributed by atoms with van der Waals surface area (Å²) in [6.45, 7) is 1.82. The predicted molar refractivity (Wildman–Crippen MR) is 114 cm³/mol. The Morgan fingerprint density at radius 2 is 1.48 bits per heavy atom. The van der Waals surface area contributed by atoms with Gasteiger partial charge in [0.25, 0.3) is 0 Å². The number of carbonyl (C=O) groups excluding carboxylic acids is 2. The van der Waals surface area contributed by atoms with Gasteiger partial charge in [-0.05, 0) is 61.0 Å². The molecule has 0 heterocycles. The SMILES string of the molecule is COc1ccc(C(C)NC(=O)C(=O)N(c2ccccc2)c2ccc(N)cc2)cc1. The number of nitrogen functional groups attached to an aromatic ring is 1. The predicted octanol–water partition coefficient (Wildman–Crippen LogP) is 3.82. The number of benzene rings is 3. The lowest BCUT2D eigenvalue weighted by Gasteiger charge is -2.23. The van der Waals surface area contributed by atoms with Crippen LogP contribution in [0.1, 0.15) is 18.5 Å². The highest BCUT2D eigenvalue weighted by atomic mass is 16.5. The maximum atomic E-state index is 13.1. The van der Waals surface area contributed by atoms with Gasteiger partial charge in [-0.2, -0.15) is 0 Å². The Bertz CT molecular complexity index is 971. The molecule has 0 aliphatic rings. The average molecular weight is 389 g/mol. The van der Waals surface area contributed by atoms with Crippen molar-refractivity contribution in [3.63, 3.8) is 0 Å². The fraction of sp³-hybridized carbons (Fsp3) is 0.130. The van der Waals surface area contributed by atoms with Crippen LogP contribution in [0.15, 0.2) is 78.9 Å². The largest absolute Gasteiger partial charge is 0.497 e. The third-order valence-corrected chi connectivity index (χ3v) is 4.53. The number of rotatable bonds is 5. The number of para-hydroxylation sites is 1. The summed E-state index contributed by atoms with van der Waals surface area (Å²) < 4.78 is 5.15. The van der Waals surface area contributed by atoms with Gasteiger partial charge < -0.3 is 15.8 Å². The Hall–Kier alpha value is -3.80. The van der Waals surface area contributed by atoms with Crippen LogP contribution in [0.2, 0.25) is 0 Å². The van der Waals surface area contributed by atoms with E-state index in [1.54, 1.807) is 43.5 Å². The number of hydrogen-bond donors (Lipinski definition) is 2. The van der Waals surface area contributed by atoms with Crippen molar-refractivity contribution in [2.75, 3.05) is 17.7 Å². The van der Waals surface area contributed by atoms with Gasteiger partial charge >= 0.3 is 11.8 Å². The number of nitrogens with zero attached hydrogens (tertiary/aromatic N) is 1. The van der Waals surface area contributed by atoms with Gasteiger partial charge in [-0.3, -0.25) is 14.5 Å². The molecule has 0 aromatic heterocycles. The van der Waals surface area contributed by atoms with Crippen LogP contribution in [0, 0.1) is 0 Å². The average Bonchev–Trinajstić information content (AvgIpc) is 2.76. The molecule has 0 radical (unpaired) electrons. The van der Waals surface area contributed by atoms with Gasteiger partial charge in [0.2, 0.25) is 0 Å². The van der Waals surface area contributed by atoms with Gasteiger partial charge in [0.1, 0.15) is 5.75 Å². The molecular formula is C23H23N3O3. The summed E-state index contributed by atoms with van der Waals surface area (Å²) in [7, 11) is 1.59. The molecule has 3 aromatic carbocycles. The molecule has 0 saturated heterocycles. The number of amides is 2. The molecule has 148 valence electrons. The molecule has 1 unspecified atom stereocenters. The summed E-state index contributed by atoms with van der Waals surface area (Å²) in [6.07, 6.45) is 0. The maximum Gasteiger partial charge on any atom is 0.320 e. The van der Waals surface area contributed by atoms with E-state index in [0.717, 1.165) is 11.3 Å². The van der Waals surface area contributed by atoms with Crippen molar-refractivity contribution >= 4 is 28.9 Å². The number of methoxy groups -OCH3 is 1. The smallest absolute Gasteiger partial charge is 0.320 e. The standard InChI is InChI=1S/C23H23N3O3/c1-16(17-8-14-21(29-2)15-9-17)25-22(27)23(28)26(19-6-4-3-5-7-19)20-12-10-18(24)11-13-20/h3-16H,24H2,1-2H3,(H,25,27). The summed E-state index contributed by atoms with van der Waals surface area (Å²) in [5.74, 6) is -0.655. The lowest BCUT2D eigenvalue weighted by Crippen LogP contribution is -2.41. The molecule has 0 fully saturated rings. The van der Waals surface area contributed by atoms with Gasteiger partial charge in [0, 0.05) is 17.1 Å². The Kier molecular flexibility index (Phi) is 6.14. The van der Waals surface area contributed by atoms with Crippen molar-refractivity contribution < 1.29 is 14.3 Å². The first-order valence-electron chi connectivity index (χ1n) is 9.19. The molecule has 2 amide bonds. The maximum absolute atomic E-state index is 13.1. The van der Waals surface area contributed by atoms with E-state index in [2.05, 4.69) is 5.32 Å². The normalized spacial score (nSPS) is 11.4. The molecular weight excluding hydrogens is 366 g/mol. The van der Waals surface area contributed by atoms with E-state index >= 15 is 0 Å². The fourth-order valence-corrected chi connectivity index (χ4v) is 2.92. The lowest BCUT2D eigenvalue weighted by molar-refractivity contribution is -0.137. The zero-order valence-electron chi connectivity index (χ0n) is 16.3. The van der Waals surface area contributed by atoms with Crippen LogP contribution in [0.4, 0.5) is 17.1 Å². The topological polar surface area (TPSA) is 84.7 Å². The fourth-order valence-electron chi connectivity index (χ4n) is 2.92. The van der Waals surface area contributed by atoms with E-state index < -0.39 is 11.8 Å². The van der Waals surface area contributed by atoms with Crippen LogP contribution in [0.5, 0.6) is 5.75 Å². The van der Waals surface area contributed by atoms with Crippen LogP contribution in [0.3, 0.4) is 0 Å².